The lowest BCUT2D eigenvalue weighted by molar-refractivity contribution is 0.102. The second-order valence-corrected chi connectivity index (χ2v) is 9.29. The molecule has 1 heterocycles. The summed E-state index contributed by atoms with van der Waals surface area (Å²) in [6.07, 6.45) is 1.60. The molecule has 202 valence electrons. The number of hydrogen-bond donors (Lipinski definition) is 3. The molecule has 3 N–H and O–H groups in total. The highest BCUT2D eigenvalue weighted by molar-refractivity contribution is 6.05. The van der Waals surface area contributed by atoms with Crippen molar-refractivity contribution in [2.75, 3.05) is 25.6 Å². The van der Waals surface area contributed by atoms with Crippen LogP contribution in [0.15, 0.2) is 71.7 Å². The first-order chi connectivity index (χ1) is 18.8. The number of benzene rings is 3. The molecule has 4 rings (SSSR count). The molecule has 0 spiro atoms. The fourth-order valence-corrected chi connectivity index (χ4v) is 4.68. The zero-order valence-electron chi connectivity index (χ0n) is 22.5. The lowest BCUT2D eigenvalue weighted by atomic mass is 9.90. The second-order valence-electron chi connectivity index (χ2n) is 9.29. The van der Waals surface area contributed by atoms with Gasteiger partial charge in [-0.3, -0.25) is 9.59 Å². The van der Waals surface area contributed by atoms with Crippen LogP contribution < -0.4 is 20.9 Å². The van der Waals surface area contributed by atoms with Gasteiger partial charge in [-0.2, -0.15) is 0 Å². The molecule has 0 bridgehead atoms. The van der Waals surface area contributed by atoms with E-state index in [2.05, 4.69) is 10.6 Å². The van der Waals surface area contributed by atoms with Gasteiger partial charge in [0, 0.05) is 37.6 Å². The molecule has 1 amide bonds. The van der Waals surface area contributed by atoms with Crippen molar-refractivity contribution < 1.29 is 19.0 Å². The molecule has 1 aromatic heterocycles. The number of ether oxygens (including phenoxy) is 1. The maximum atomic E-state index is 15.2. The van der Waals surface area contributed by atoms with Gasteiger partial charge < -0.3 is 25.0 Å². The third-order valence-electron chi connectivity index (χ3n) is 6.85. The monoisotopic (exact) mass is 529 g/mol. The van der Waals surface area contributed by atoms with Crippen LogP contribution in [-0.4, -0.2) is 35.8 Å². The molecule has 0 aliphatic rings. The van der Waals surface area contributed by atoms with Gasteiger partial charge in [-0.1, -0.05) is 30.3 Å². The highest BCUT2D eigenvalue weighted by atomic mass is 19.1. The summed E-state index contributed by atoms with van der Waals surface area (Å²) in [5, 5.41) is 14.9. The minimum Gasteiger partial charge on any atom is -0.496 e. The van der Waals surface area contributed by atoms with Crippen LogP contribution in [0.4, 0.5) is 10.1 Å². The minimum absolute atomic E-state index is 0.0387. The molecule has 0 aliphatic heterocycles. The van der Waals surface area contributed by atoms with Crippen LogP contribution in [0.5, 0.6) is 5.75 Å². The number of pyridine rings is 1. The summed E-state index contributed by atoms with van der Waals surface area (Å²) < 4.78 is 22.0. The molecular formula is C31H32FN3O4. The first-order valence-corrected chi connectivity index (χ1v) is 12.6. The predicted molar refractivity (Wildman–Crippen MR) is 152 cm³/mol. The smallest absolute Gasteiger partial charge is 0.263 e. The molecule has 0 aliphatic carbocycles. The van der Waals surface area contributed by atoms with Gasteiger partial charge in [0.15, 0.2) is 0 Å². The van der Waals surface area contributed by atoms with E-state index in [1.807, 2.05) is 50.2 Å². The molecule has 39 heavy (non-hydrogen) atoms. The third kappa shape index (κ3) is 5.77. The lowest BCUT2D eigenvalue weighted by Gasteiger charge is -2.18. The van der Waals surface area contributed by atoms with E-state index in [4.69, 9.17) is 9.84 Å². The Hall–Kier alpha value is -4.27. The number of methoxy groups -OCH3 is 1. The topological polar surface area (TPSA) is 92.6 Å². The number of rotatable bonds is 9. The fourth-order valence-electron chi connectivity index (χ4n) is 4.68. The van der Waals surface area contributed by atoms with Crippen LogP contribution >= 0.6 is 0 Å². The third-order valence-corrected chi connectivity index (χ3v) is 6.85. The van der Waals surface area contributed by atoms with Crippen molar-refractivity contribution in [3.63, 3.8) is 0 Å². The normalized spacial score (nSPS) is 10.9. The van der Waals surface area contributed by atoms with E-state index < -0.39 is 11.7 Å². The number of hydrogen-bond acceptors (Lipinski definition) is 5. The number of nitrogens with one attached hydrogen (secondary N) is 2. The van der Waals surface area contributed by atoms with Gasteiger partial charge in [-0.05, 0) is 77.6 Å². The van der Waals surface area contributed by atoms with Crippen LogP contribution in [0, 0.1) is 19.7 Å². The Balaban J connectivity index is 1.71. The van der Waals surface area contributed by atoms with Gasteiger partial charge in [0.2, 0.25) is 0 Å². The predicted octanol–water partition coefficient (Wildman–Crippen LogP) is 4.82. The Labute approximate surface area is 226 Å². The second kappa shape index (κ2) is 12.1. The minimum atomic E-state index is -0.474. The summed E-state index contributed by atoms with van der Waals surface area (Å²) in [5.41, 5.74) is 5.84. The molecule has 3 aromatic carbocycles. The Morgan fingerprint density at radius 3 is 2.41 bits per heavy atom. The Morgan fingerprint density at radius 1 is 1.00 bits per heavy atom. The molecule has 0 radical (unpaired) electrons. The fraction of sp³-hybridized carbons (Fsp3) is 0.226. The summed E-state index contributed by atoms with van der Waals surface area (Å²) in [4.78, 5) is 25.3. The largest absolute Gasteiger partial charge is 0.496 e. The highest BCUT2D eigenvalue weighted by Gasteiger charge is 2.18. The van der Waals surface area contributed by atoms with Crippen molar-refractivity contribution in [1.82, 2.24) is 9.88 Å². The van der Waals surface area contributed by atoms with Gasteiger partial charge in [0.25, 0.3) is 11.5 Å². The van der Waals surface area contributed by atoms with Crippen LogP contribution in [-0.2, 0) is 13.6 Å². The zero-order valence-corrected chi connectivity index (χ0v) is 22.5. The number of aliphatic hydroxyl groups is 1. The number of carbonyl (C=O) groups is 1. The standard InChI is InChI=1S/C31H32FN3O4/c1-19-22(21-16-27(32)26(18-33-13-15-36)29(17-21)39-4)8-5-9-23(19)24-10-6-12-28(20(24)2)34-30(37)25-11-7-14-35(3)31(25)38/h5-12,14,16-17,33,36H,13,15,18H2,1-4H3,(H,34,37). The zero-order chi connectivity index (χ0) is 28.1. The molecule has 4 aromatic rings. The van der Waals surface area contributed by atoms with E-state index in [0.29, 0.717) is 29.1 Å². The van der Waals surface area contributed by atoms with Crippen molar-refractivity contribution >= 4 is 11.6 Å². The number of aliphatic hydroxyl groups excluding tert-OH is 1. The van der Waals surface area contributed by atoms with E-state index >= 15 is 4.39 Å². The van der Waals surface area contributed by atoms with E-state index in [1.165, 1.54) is 23.8 Å². The van der Waals surface area contributed by atoms with E-state index in [0.717, 1.165) is 27.8 Å². The van der Waals surface area contributed by atoms with Crippen LogP contribution in [0.1, 0.15) is 27.0 Å². The average Bonchev–Trinajstić information content (AvgIpc) is 2.92. The van der Waals surface area contributed by atoms with Crippen molar-refractivity contribution in [2.24, 2.45) is 7.05 Å². The Morgan fingerprint density at radius 2 is 1.69 bits per heavy atom. The molecular weight excluding hydrogens is 497 g/mol. The summed E-state index contributed by atoms with van der Waals surface area (Å²) in [6.45, 7) is 4.44. The molecule has 7 nitrogen and oxygen atoms in total. The maximum Gasteiger partial charge on any atom is 0.263 e. The van der Waals surface area contributed by atoms with Gasteiger partial charge in [0.1, 0.15) is 17.1 Å². The van der Waals surface area contributed by atoms with E-state index in [-0.39, 0.29) is 24.3 Å². The molecule has 0 unspecified atom stereocenters. The Kier molecular flexibility index (Phi) is 8.59. The quantitative estimate of drug-likeness (QED) is 0.271. The van der Waals surface area contributed by atoms with Crippen molar-refractivity contribution in [3.05, 3.63) is 105 Å². The summed E-state index contributed by atoms with van der Waals surface area (Å²) in [7, 11) is 3.11. The highest BCUT2D eigenvalue weighted by Crippen LogP contribution is 2.37. The van der Waals surface area contributed by atoms with Crippen LogP contribution in [0.3, 0.4) is 0 Å². The number of aryl methyl sites for hydroxylation is 1. The van der Waals surface area contributed by atoms with Crippen LogP contribution in [0.25, 0.3) is 22.3 Å². The molecule has 0 atom stereocenters. The summed E-state index contributed by atoms with van der Waals surface area (Å²) in [6, 6.07) is 17.9. The van der Waals surface area contributed by atoms with Crippen molar-refractivity contribution in [3.8, 4) is 28.0 Å². The lowest BCUT2D eigenvalue weighted by Crippen LogP contribution is -2.27. The van der Waals surface area contributed by atoms with Gasteiger partial charge in [-0.25, -0.2) is 4.39 Å². The molecule has 0 saturated carbocycles. The van der Waals surface area contributed by atoms with Gasteiger partial charge in [-0.15, -0.1) is 0 Å². The summed E-state index contributed by atoms with van der Waals surface area (Å²) in [5.74, 6) is -0.446. The number of halogens is 1. The average molecular weight is 530 g/mol. The molecule has 0 saturated heterocycles. The number of aromatic nitrogens is 1. The first kappa shape index (κ1) is 27.8. The number of anilines is 1. The van der Waals surface area contributed by atoms with Crippen LogP contribution in [0.2, 0.25) is 0 Å². The number of carbonyl (C=O) groups excluding carboxylic acids is 1. The summed E-state index contributed by atoms with van der Waals surface area (Å²) >= 11 is 0. The molecule has 0 fully saturated rings. The number of nitrogens with zero attached hydrogens (tertiary/aromatic N) is 1. The van der Waals surface area contributed by atoms with E-state index in [1.54, 1.807) is 25.4 Å². The number of amides is 1. The maximum absolute atomic E-state index is 15.2. The van der Waals surface area contributed by atoms with Crippen molar-refractivity contribution in [2.45, 2.75) is 20.4 Å². The van der Waals surface area contributed by atoms with Crippen molar-refractivity contribution in [1.29, 1.82) is 0 Å². The van der Waals surface area contributed by atoms with E-state index in [9.17, 15) is 9.59 Å². The Bertz CT molecular complexity index is 1580. The SMILES string of the molecule is COc1cc(-c2cccc(-c3cccc(NC(=O)c4cccn(C)c4=O)c3C)c2C)cc(F)c1CNCCO. The van der Waals surface area contributed by atoms with Gasteiger partial charge >= 0.3 is 0 Å². The molecule has 8 heteroatoms. The van der Waals surface area contributed by atoms with Gasteiger partial charge in [0.05, 0.1) is 13.7 Å². The first-order valence-electron chi connectivity index (χ1n) is 12.6.